The van der Waals surface area contributed by atoms with Gasteiger partial charge in [0.1, 0.15) is 0 Å². The van der Waals surface area contributed by atoms with Crippen LogP contribution in [-0.2, 0) is 25.8 Å². The van der Waals surface area contributed by atoms with Gasteiger partial charge in [-0.3, -0.25) is 9.59 Å². The first-order chi connectivity index (χ1) is 12.9. The SMILES string of the molecule is CCC(=O)N1CCN(C(=O)Cc2c[nH]c3ccccc23)[C@H]2CS(=O)(=O)C[C@H]21. The normalized spacial score (nSPS) is 24.2. The van der Waals surface area contributed by atoms with Crippen LogP contribution in [0, 0.1) is 0 Å². The van der Waals surface area contributed by atoms with Crippen molar-refractivity contribution in [1.82, 2.24) is 14.8 Å². The molecule has 1 aromatic carbocycles. The summed E-state index contributed by atoms with van der Waals surface area (Å²) < 4.78 is 24.5. The number of rotatable bonds is 3. The molecule has 1 N–H and O–H groups in total. The van der Waals surface area contributed by atoms with Crippen LogP contribution in [-0.4, -0.2) is 71.7 Å². The predicted octanol–water partition coefficient (Wildman–Crippen LogP) is 0.957. The van der Waals surface area contributed by atoms with Crippen molar-refractivity contribution in [3.05, 3.63) is 36.0 Å². The van der Waals surface area contributed by atoms with Gasteiger partial charge in [0.15, 0.2) is 9.84 Å². The molecule has 144 valence electrons. The maximum absolute atomic E-state index is 13.0. The summed E-state index contributed by atoms with van der Waals surface area (Å²) in [6.07, 6.45) is 2.39. The van der Waals surface area contributed by atoms with E-state index < -0.39 is 21.9 Å². The third-order valence-corrected chi connectivity index (χ3v) is 7.33. The van der Waals surface area contributed by atoms with E-state index in [-0.39, 0.29) is 29.7 Å². The average molecular weight is 389 g/mol. The Morgan fingerprint density at radius 3 is 2.37 bits per heavy atom. The number of para-hydroxylation sites is 1. The Kier molecular flexibility index (Phi) is 4.46. The van der Waals surface area contributed by atoms with Gasteiger partial charge >= 0.3 is 0 Å². The minimum absolute atomic E-state index is 0.0502. The summed E-state index contributed by atoms with van der Waals surface area (Å²) in [7, 11) is -3.26. The van der Waals surface area contributed by atoms with Crippen molar-refractivity contribution in [3.8, 4) is 0 Å². The van der Waals surface area contributed by atoms with Gasteiger partial charge in [-0.25, -0.2) is 8.42 Å². The number of fused-ring (bicyclic) bond motifs is 2. The number of nitrogens with one attached hydrogen (secondary N) is 1. The molecule has 2 amide bonds. The quantitative estimate of drug-likeness (QED) is 0.846. The number of hydrogen-bond donors (Lipinski definition) is 1. The second-order valence-electron chi connectivity index (χ2n) is 7.28. The lowest BCUT2D eigenvalue weighted by molar-refractivity contribution is -0.144. The second-order valence-corrected chi connectivity index (χ2v) is 9.43. The fourth-order valence-corrected chi connectivity index (χ4v) is 6.30. The van der Waals surface area contributed by atoms with Gasteiger partial charge in [0, 0.05) is 36.6 Å². The number of piperazine rings is 1. The molecule has 7 nitrogen and oxygen atoms in total. The number of hydrogen-bond acceptors (Lipinski definition) is 4. The molecule has 27 heavy (non-hydrogen) atoms. The number of carbonyl (C=O) groups is 2. The summed E-state index contributed by atoms with van der Waals surface area (Å²) in [6, 6.07) is 6.91. The van der Waals surface area contributed by atoms with Crippen LogP contribution in [0.25, 0.3) is 10.9 Å². The Hall–Kier alpha value is -2.35. The Balaban J connectivity index is 1.58. The summed E-state index contributed by atoms with van der Waals surface area (Å²) >= 11 is 0. The number of nitrogens with zero attached hydrogens (tertiary/aromatic N) is 2. The van der Waals surface area contributed by atoms with Crippen molar-refractivity contribution in [3.63, 3.8) is 0 Å². The van der Waals surface area contributed by atoms with Crippen LogP contribution in [0.1, 0.15) is 18.9 Å². The van der Waals surface area contributed by atoms with Gasteiger partial charge in [-0.1, -0.05) is 25.1 Å². The highest BCUT2D eigenvalue weighted by Crippen LogP contribution is 2.28. The molecule has 0 unspecified atom stereocenters. The summed E-state index contributed by atoms with van der Waals surface area (Å²) in [5, 5.41) is 1.00. The molecule has 1 aromatic heterocycles. The molecule has 3 heterocycles. The van der Waals surface area contributed by atoms with Crippen LogP contribution in [0.4, 0.5) is 0 Å². The van der Waals surface area contributed by atoms with Gasteiger partial charge in [0.05, 0.1) is 30.0 Å². The minimum atomic E-state index is -3.26. The molecule has 2 aliphatic heterocycles. The van der Waals surface area contributed by atoms with E-state index in [1.807, 2.05) is 30.5 Å². The van der Waals surface area contributed by atoms with E-state index in [9.17, 15) is 18.0 Å². The van der Waals surface area contributed by atoms with Crippen molar-refractivity contribution in [1.29, 1.82) is 0 Å². The number of amides is 2. The first kappa shape index (κ1) is 18.0. The fraction of sp³-hybridized carbons (Fsp3) is 0.474. The monoisotopic (exact) mass is 389 g/mol. The Morgan fingerprint density at radius 2 is 1.70 bits per heavy atom. The standard InChI is InChI=1S/C19H23N3O4S/c1-2-18(23)21-7-8-22(17-12-27(25,26)11-16(17)21)19(24)9-13-10-20-15-6-4-3-5-14(13)15/h3-6,10,16-17,20H,2,7-9,11-12H2,1H3/t16-,17+/m1/s1. The molecule has 2 aromatic rings. The third kappa shape index (κ3) is 3.22. The second kappa shape index (κ2) is 6.67. The first-order valence-corrected chi connectivity index (χ1v) is 11.1. The molecular weight excluding hydrogens is 366 g/mol. The van der Waals surface area contributed by atoms with Gasteiger partial charge in [-0.05, 0) is 11.6 Å². The highest BCUT2D eigenvalue weighted by Gasteiger charge is 2.49. The molecule has 2 atom stereocenters. The molecule has 0 bridgehead atoms. The Morgan fingerprint density at radius 1 is 1.07 bits per heavy atom. The number of sulfone groups is 1. The molecule has 0 radical (unpaired) electrons. The number of aromatic nitrogens is 1. The highest BCUT2D eigenvalue weighted by molar-refractivity contribution is 7.91. The van der Waals surface area contributed by atoms with Crippen LogP contribution in [0.3, 0.4) is 0 Å². The molecule has 8 heteroatoms. The fourth-order valence-electron chi connectivity index (χ4n) is 4.32. The third-order valence-electron chi connectivity index (χ3n) is 5.64. The van der Waals surface area contributed by atoms with Crippen molar-refractivity contribution >= 4 is 32.6 Å². The van der Waals surface area contributed by atoms with Crippen molar-refractivity contribution in [2.24, 2.45) is 0 Å². The van der Waals surface area contributed by atoms with Crippen molar-refractivity contribution in [2.75, 3.05) is 24.6 Å². The lowest BCUT2D eigenvalue weighted by atomic mass is 10.0. The molecule has 0 aliphatic carbocycles. The number of carbonyl (C=O) groups excluding carboxylic acids is 2. The largest absolute Gasteiger partial charge is 0.361 e. The van der Waals surface area contributed by atoms with Gasteiger partial charge in [-0.15, -0.1) is 0 Å². The summed E-state index contributed by atoms with van der Waals surface area (Å²) in [5.41, 5.74) is 1.88. The number of H-pyrrole nitrogens is 1. The van der Waals surface area contributed by atoms with Gasteiger partial charge in [-0.2, -0.15) is 0 Å². The topological polar surface area (TPSA) is 90.6 Å². The number of aromatic amines is 1. The van der Waals surface area contributed by atoms with E-state index in [4.69, 9.17) is 0 Å². The van der Waals surface area contributed by atoms with Gasteiger partial charge in [0.25, 0.3) is 0 Å². The molecule has 2 aliphatic rings. The summed E-state index contributed by atoms with van der Waals surface area (Å²) in [4.78, 5) is 31.7. The molecule has 0 saturated carbocycles. The van der Waals surface area contributed by atoms with E-state index in [1.165, 1.54) is 0 Å². The summed E-state index contributed by atoms with van der Waals surface area (Å²) in [5.74, 6) is -0.258. The zero-order chi connectivity index (χ0) is 19.2. The van der Waals surface area contributed by atoms with Crippen LogP contribution in [0.15, 0.2) is 30.5 Å². The molecule has 2 fully saturated rings. The van der Waals surface area contributed by atoms with Crippen LogP contribution in [0.5, 0.6) is 0 Å². The van der Waals surface area contributed by atoms with Crippen molar-refractivity contribution < 1.29 is 18.0 Å². The highest BCUT2D eigenvalue weighted by atomic mass is 32.2. The van der Waals surface area contributed by atoms with Crippen LogP contribution in [0.2, 0.25) is 0 Å². The first-order valence-electron chi connectivity index (χ1n) is 9.24. The van der Waals surface area contributed by atoms with Gasteiger partial charge in [0.2, 0.25) is 11.8 Å². The van der Waals surface area contributed by atoms with E-state index in [0.717, 1.165) is 16.5 Å². The molecule has 2 saturated heterocycles. The Labute approximate surface area is 158 Å². The molecular formula is C19H23N3O4S. The smallest absolute Gasteiger partial charge is 0.227 e. The lowest BCUT2D eigenvalue weighted by Gasteiger charge is -2.44. The van der Waals surface area contributed by atoms with E-state index in [0.29, 0.717) is 19.5 Å². The Bertz CT molecular complexity index is 997. The zero-order valence-corrected chi connectivity index (χ0v) is 16.0. The predicted molar refractivity (Wildman–Crippen MR) is 102 cm³/mol. The average Bonchev–Trinajstić information content (AvgIpc) is 3.19. The number of benzene rings is 1. The van der Waals surface area contributed by atoms with Crippen molar-refractivity contribution in [2.45, 2.75) is 31.8 Å². The molecule has 0 spiro atoms. The zero-order valence-electron chi connectivity index (χ0n) is 15.2. The van der Waals surface area contributed by atoms with E-state index in [2.05, 4.69) is 4.98 Å². The van der Waals surface area contributed by atoms with Crippen LogP contribution < -0.4 is 0 Å². The van der Waals surface area contributed by atoms with E-state index in [1.54, 1.807) is 16.7 Å². The maximum atomic E-state index is 13.0. The van der Waals surface area contributed by atoms with Gasteiger partial charge < -0.3 is 14.8 Å². The lowest BCUT2D eigenvalue weighted by Crippen LogP contribution is -2.62. The summed E-state index contributed by atoms with van der Waals surface area (Å²) in [6.45, 7) is 2.54. The minimum Gasteiger partial charge on any atom is -0.361 e. The van der Waals surface area contributed by atoms with Crippen LogP contribution >= 0.6 is 0 Å². The maximum Gasteiger partial charge on any atom is 0.227 e. The van der Waals surface area contributed by atoms with E-state index >= 15 is 0 Å². The molecule has 4 rings (SSSR count).